The fraction of sp³-hybridized carbons (Fsp3) is 0.733. The van der Waals surface area contributed by atoms with Gasteiger partial charge < -0.3 is 10.3 Å². The Kier molecular flexibility index (Phi) is 1.88. The molecule has 100 valence electrons. The van der Waals surface area contributed by atoms with Gasteiger partial charge in [-0.15, -0.1) is 0 Å². The minimum Gasteiger partial charge on any atom is -0.367 e. The van der Waals surface area contributed by atoms with E-state index in [0.29, 0.717) is 12.0 Å². The van der Waals surface area contributed by atoms with Crippen LogP contribution in [0.5, 0.6) is 0 Å². The van der Waals surface area contributed by atoms with Crippen LogP contribution in [0.15, 0.2) is 10.9 Å². The first-order chi connectivity index (χ1) is 9.29. The lowest BCUT2D eigenvalue weighted by molar-refractivity contribution is 0.456. The smallest absolute Gasteiger partial charge is 0.252 e. The highest BCUT2D eigenvalue weighted by Gasteiger charge is 2.65. The summed E-state index contributed by atoms with van der Waals surface area (Å²) in [7, 11) is 0. The number of fused-ring (bicyclic) bond motifs is 5. The molecule has 5 rings (SSSR count). The Morgan fingerprint density at radius 2 is 1.89 bits per heavy atom. The van der Waals surface area contributed by atoms with Crippen molar-refractivity contribution >= 4 is 5.82 Å². The number of hydrogen-bond donors (Lipinski definition) is 2. The average Bonchev–Trinajstić information content (AvgIpc) is 3.28. The molecule has 0 radical (unpaired) electrons. The summed E-state index contributed by atoms with van der Waals surface area (Å²) >= 11 is 0. The van der Waals surface area contributed by atoms with E-state index in [-0.39, 0.29) is 5.56 Å². The molecule has 4 saturated carbocycles. The van der Waals surface area contributed by atoms with Crippen LogP contribution in [0.1, 0.15) is 43.8 Å². The molecular weight excluding hydrogens is 238 g/mol. The lowest BCUT2D eigenvalue weighted by atomic mass is 10.0. The van der Waals surface area contributed by atoms with Gasteiger partial charge in [0.05, 0.1) is 0 Å². The summed E-state index contributed by atoms with van der Waals surface area (Å²) in [6.45, 7) is 0. The summed E-state index contributed by atoms with van der Waals surface area (Å²) in [5.74, 6) is 5.88. The maximum Gasteiger partial charge on any atom is 0.252 e. The van der Waals surface area contributed by atoms with E-state index in [1.807, 2.05) is 0 Å². The van der Waals surface area contributed by atoms with Crippen LogP contribution in [-0.4, -0.2) is 16.0 Å². The number of H-pyrrole nitrogens is 1. The normalized spacial score (nSPS) is 42.2. The van der Waals surface area contributed by atoms with Crippen LogP contribution in [0.3, 0.4) is 0 Å². The van der Waals surface area contributed by atoms with Crippen molar-refractivity contribution in [1.82, 2.24) is 9.97 Å². The highest BCUT2D eigenvalue weighted by Crippen LogP contribution is 2.66. The van der Waals surface area contributed by atoms with E-state index < -0.39 is 0 Å². The van der Waals surface area contributed by atoms with Crippen LogP contribution >= 0.6 is 0 Å². The third-order valence-electron chi connectivity index (χ3n) is 5.77. The molecule has 1 aromatic rings. The molecule has 4 aliphatic carbocycles. The van der Waals surface area contributed by atoms with E-state index in [1.165, 1.54) is 32.1 Å². The van der Waals surface area contributed by atoms with Crippen molar-refractivity contribution < 1.29 is 0 Å². The summed E-state index contributed by atoms with van der Waals surface area (Å²) in [5, 5.41) is 3.55. The van der Waals surface area contributed by atoms with Gasteiger partial charge in [-0.25, -0.2) is 4.98 Å². The Labute approximate surface area is 112 Å². The molecule has 0 aliphatic heterocycles. The van der Waals surface area contributed by atoms with Gasteiger partial charge in [-0.3, -0.25) is 4.79 Å². The quantitative estimate of drug-likeness (QED) is 0.872. The summed E-state index contributed by atoms with van der Waals surface area (Å²) in [6, 6.07) is 2.23. The summed E-state index contributed by atoms with van der Waals surface area (Å²) in [6.07, 6.45) is 6.67. The largest absolute Gasteiger partial charge is 0.367 e. The summed E-state index contributed by atoms with van der Waals surface area (Å²) in [4.78, 5) is 19.2. The SMILES string of the molecule is O=c1cc(NC2C3C4CCC(C4)C23)nc(C2CC2)[nH]1. The van der Waals surface area contributed by atoms with Gasteiger partial charge in [-0.2, -0.15) is 0 Å². The highest BCUT2D eigenvalue weighted by atomic mass is 16.1. The van der Waals surface area contributed by atoms with Gasteiger partial charge in [0.1, 0.15) is 11.6 Å². The topological polar surface area (TPSA) is 57.8 Å². The van der Waals surface area contributed by atoms with Crippen LogP contribution in [0.25, 0.3) is 0 Å². The predicted octanol–water partition coefficient (Wildman–Crippen LogP) is 2.10. The predicted molar refractivity (Wildman–Crippen MR) is 72.1 cm³/mol. The van der Waals surface area contributed by atoms with Crippen LogP contribution in [-0.2, 0) is 0 Å². The van der Waals surface area contributed by atoms with E-state index in [0.717, 1.165) is 35.3 Å². The Morgan fingerprint density at radius 3 is 2.58 bits per heavy atom. The van der Waals surface area contributed by atoms with Gasteiger partial charge in [0.2, 0.25) is 0 Å². The molecule has 4 fully saturated rings. The first-order valence-electron chi connectivity index (χ1n) is 7.67. The molecular formula is C15H19N3O. The van der Waals surface area contributed by atoms with E-state index >= 15 is 0 Å². The van der Waals surface area contributed by atoms with Gasteiger partial charge in [0, 0.05) is 18.0 Å². The molecule has 4 atom stereocenters. The van der Waals surface area contributed by atoms with Crippen molar-refractivity contribution in [2.24, 2.45) is 23.7 Å². The van der Waals surface area contributed by atoms with Crippen LogP contribution in [0.4, 0.5) is 5.82 Å². The fourth-order valence-electron chi connectivity index (χ4n) is 4.79. The molecule has 4 aliphatic rings. The summed E-state index contributed by atoms with van der Waals surface area (Å²) in [5.41, 5.74) is -0.00631. The second kappa shape index (κ2) is 3.41. The first-order valence-corrected chi connectivity index (χ1v) is 7.67. The number of nitrogens with zero attached hydrogens (tertiary/aromatic N) is 1. The Hall–Kier alpha value is -1.32. The molecule has 4 heteroatoms. The van der Waals surface area contributed by atoms with Gasteiger partial charge >= 0.3 is 0 Å². The van der Waals surface area contributed by atoms with Crippen molar-refractivity contribution in [3.63, 3.8) is 0 Å². The zero-order valence-electron chi connectivity index (χ0n) is 10.9. The number of hydrogen-bond acceptors (Lipinski definition) is 3. The second-order valence-corrected chi connectivity index (χ2v) is 6.95. The molecule has 0 aromatic carbocycles. The minimum absolute atomic E-state index is 0.00631. The standard InChI is InChI=1S/C15H19N3O/c19-11-6-10(17-15(18-11)7-1-2-7)16-14-12-8-3-4-9(5-8)13(12)14/h6-9,12-14H,1-5H2,(H2,16,17,18,19). The fourth-order valence-corrected chi connectivity index (χ4v) is 4.79. The lowest BCUT2D eigenvalue weighted by Crippen LogP contribution is -2.18. The van der Waals surface area contributed by atoms with Crippen LogP contribution in [0.2, 0.25) is 0 Å². The average molecular weight is 257 g/mol. The molecule has 4 unspecified atom stereocenters. The second-order valence-electron chi connectivity index (χ2n) is 6.95. The molecule has 0 spiro atoms. The molecule has 1 heterocycles. The summed E-state index contributed by atoms with van der Waals surface area (Å²) < 4.78 is 0. The molecule has 0 saturated heterocycles. The zero-order chi connectivity index (χ0) is 12.6. The zero-order valence-corrected chi connectivity index (χ0v) is 10.9. The third-order valence-corrected chi connectivity index (χ3v) is 5.77. The monoisotopic (exact) mass is 257 g/mol. The maximum atomic E-state index is 11.7. The van der Waals surface area contributed by atoms with E-state index in [2.05, 4.69) is 15.3 Å². The molecule has 2 bridgehead atoms. The van der Waals surface area contributed by atoms with Crippen molar-refractivity contribution in [3.05, 3.63) is 22.2 Å². The Bertz CT molecular complexity index is 575. The molecule has 2 N–H and O–H groups in total. The number of anilines is 1. The van der Waals surface area contributed by atoms with Gasteiger partial charge in [-0.1, -0.05) is 0 Å². The Balaban J connectivity index is 1.39. The van der Waals surface area contributed by atoms with Gasteiger partial charge in [-0.05, 0) is 55.8 Å². The molecule has 1 aromatic heterocycles. The number of aromatic amines is 1. The molecule has 0 amide bonds. The number of rotatable bonds is 3. The maximum absolute atomic E-state index is 11.7. The van der Waals surface area contributed by atoms with Crippen molar-refractivity contribution in [1.29, 1.82) is 0 Å². The van der Waals surface area contributed by atoms with Gasteiger partial charge in [0.25, 0.3) is 5.56 Å². The van der Waals surface area contributed by atoms with E-state index in [9.17, 15) is 4.79 Å². The van der Waals surface area contributed by atoms with Gasteiger partial charge in [0.15, 0.2) is 0 Å². The van der Waals surface area contributed by atoms with E-state index in [4.69, 9.17) is 0 Å². The number of nitrogens with one attached hydrogen (secondary N) is 2. The van der Waals surface area contributed by atoms with Crippen LogP contribution in [0, 0.1) is 23.7 Å². The third kappa shape index (κ3) is 1.52. The van der Waals surface area contributed by atoms with E-state index in [1.54, 1.807) is 6.07 Å². The molecule has 4 nitrogen and oxygen atoms in total. The minimum atomic E-state index is -0.00631. The lowest BCUT2D eigenvalue weighted by Gasteiger charge is -2.11. The van der Waals surface area contributed by atoms with Crippen molar-refractivity contribution in [2.45, 2.75) is 44.1 Å². The van der Waals surface area contributed by atoms with Crippen molar-refractivity contribution in [2.75, 3.05) is 5.32 Å². The number of aromatic nitrogens is 2. The van der Waals surface area contributed by atoms with Crippen molar-refractivity contribution in [3.8, 4) is 0 Å². The Morgan fingerprint density at radius 1 is 1.16 bits per heavy atom. The van der Waals surface area contributed by atoms with Crippen LogP contribution < -0.4 is 10.9 Å². The highest BCUT2D eigenvalue weighted by molar-refractivity contribution is 5.40. The molecule has 19 heavy (non-hydrogen) atoms. The first kappa shape index (κ1) is 10.5.